The Bertz CT molecular complexity index is 628. The van der Waals surface area contributed by atoms with Crippen LogP contribution in [-0.4, -0.2) is 35.7 Å². The highest BCUT2D eigenvalue weighted by molar-refractivity contribution is 5.76. The number of urea groups is 1. The van der Waals surface area contributed by atoms with Crippen molar-refractivity contribution in [2.24, 2.45) is 17.8 Å². The van der Waals surface area contributed by atoms with Gasteiger partial charge in [-0.15, -0.1) is 0 Å². The molecule has 2 amide bonds. The van der Waals surface area contributed by atoms with Crippen molar-refractivity contribution in [2.75, 3.05) is 13.1 Å². The number of benzene rings is 1. The summed E-state index contributed by atoms with van der Waals surface area (Å²) in [4.78, 5) is 14.6. The molecule has 5 aliphatic rings. The highest BCUT2D eigenvalue weighted by Gasteiger charge is 2.52. The van der Waals surface area contributed by atoms with Crippen LogP contribution in [-0.2, 0) is 0 Å². The largest absolute Gasteiger partial charge is 0.487 e. The summed E-state index contributed by atoms with van der Waals surface area (Å²) in [6.07, 6.45) is 7.98. The molecule has 5 fully saturated rings. The molecule has 4 bridgehead atoms. The molecule has 1 aromatic carbocycles. The van der Waals surface area contributed by atoms with Gasteiger partial charge in [-0.25, -0.2) is 4.79 Å². The molecule has 25 heavy (non-hydrogen) atoms. The summed E-state index contributed by atoms with van der Waals surface area (Å²) < 4.78 is 5.96. The first kappa shape index (κ1) is 15.5. The third kappa shape index (κ3) is 2.90. The number of likely N-dealkylation sites (tertiary alicyclic amines) is 1. The van der Waals surface area contributed by atoms with Crippen molar-refractivity contribution in [1.29, 1.82) is 0 Å². The fourth-order valence-corrected chi connectivity index (χ4v) is 6.06. The highest BCUT2D eigenvalue weighted by atomic mass is 16.5. The van der Waals surface area contributed by atoms with Crippen molar-refractivity contribution < 1.29 is 9.53 Å². The summed E-state index contributed by atoms with van der Waals surface area (Å²) in [7, 11) is 0. The van der Waals surface area contributed by atoms with E-state index in [2.05, 4.69) is 24.4 Å². The molecule has 4 nitrogen and oxygen atoms in total. The summed E-state index contributed by atoms with van der Waals surface area (Å²) in [5, 5.41) is 3.45. The van der Waals surface area contributed by atoms with Crippen LogP contribution in [0.25, 0.3) is 0 Å². The average Bonchev–Trinajstić information content (AvgIpc) is 2.50. The van der Waals surface area contributed by atoms with E-state index < -0.39 is 0 Å². The van der Waals surface area contributed by atoms with Gasteiger partial charge in [-0.05, 0) is 75.3 Å². The number of aryl methyl sites for hydroxylation is 1. The Balaban J connectivity index is 1.15. The van der Waals surface area contributed by atoms with Crippen LogP contribution in [0.2, 0.25) is 0 Å². The first-order chi connectivity index (χ1) is 12.1. The minimum absolute atomic E-state index is 0.106. The number of hydrogen-bond acceptors (Lipinski definition) is 2. The van der Waals surface area contributed by atoms with Crippen molar-refractivity contribution >= 4 is 6.03 Å². The van der Waals surface area contributed by atoms with Gasteiger partial charge in [-0.2, -0.15) is 0 Å². The third-order valence-corrected chi connectivity index (χ3v) is 6.87. The van der Waals surface area contributed by atoms with Crippen LogP contribution in [0.15, 0.2) is 24.3 Å². The molecule has 1 aromatic rings. The maximum Gasteiger partial charge on any atom is 0.318 e. The molecule has 1 saturated heterocycles. The van der Waals surface area contributed by atoms with E-state index in [9.17, 15) is 4.79 Å². The zero-order valence-corrected chi connectivity index (χ0v) is 15.0. The molecular formula is C21H28N2O2. The van der Waals surface area contributed by atoms with Crippen molar-refractivity contribution in [3.05, 3.63) is 29.8 Å². The van der Waals surface area contributed by atoms with Gasteiger partial charge in [-0.1, -0.05) is 17.7 Å². The number of carbonyl (C=O) groups excluding carboxylic acids is 1. The van der Waals surface area contributed by atoms with Crippen molar-refractivity contribution in [1.82, 2.24) is 10.2 Å². The third-order valence-electron chi connectivity index (χ3n) is 6.87. The van der Waals surface area contributed by atoms with Gasteiger partial charge in [0.05, 0.1) is 13.1 Å². The Kier molecular flexibility index (Phi) is 3.51. The molecule has 4 saturated carbocycles. The predicted molar refractivity (Wildman–Crippen MR) is 96.6 cm³/mol. The lowest BCUT2D eigenvalue weighted by molar-refractivity contribution is -0.0213. The quantitative estimate of drug-likeness (QED) is 0.911. The minimum Gasteiger partial charge on any atom is -0.487 e. The number of amides is 2. The van der Waals surface area contributed by atoms with E-state index in [1.54, 1.807) is 0 Å². The Labute approximate surface area is 149 Å². The van der Waals surface area contributed by atoms with Crippen LogP contribution in [0, 0.1) is 24.7 Å². The summed E-state index contributed by atoms with van der Waals surface area (Å²) in [6, 6.07) is 8.27. The number of carbonyl (C=O) groups is 1. The minimum atomic E-state index is 0.106. The molecule has 0 aromatic heterocycles. The topological polar surface area (TPSA) is 41.6 Å². The number of nitrogens with one attached hydrogen (secondary N) is 1. The van der Waals surface area contributed by atoms with Gasteiger partial charge in [0, 0.05) is 5.54 Å². The van der Waals surface area contributed by atoms with E-state index in [0.29, 0.717) is 13.1 Å². The van der Waals surface area contributed by atoms with E-state index in [1.165, 1.54) is 44.1 Å². The molecule has 1 N–H and O–H groups in total. The fourth-order valence-electron chi connectivity index (χ4n) is 6.06. The fraction of sp³-hybridized carbons (Fsp3) is 0.667. The van der Waals surface area contributed by atoms with Gasteiger partial charge in [0.1, 0.15) is 11.9 Å². The van der Waals surface area contributed by atoms with Gasteiger partial charge in [-0.3, -0.25) is 0 Å². The predicted octanol–water partition coefficient (Wildman–Crippen LogP) is 3.74. The van der Waals surface area contributed by atoms with Crippen molar-refractivity contribution in [2.45, 2.75) is 57.1 Å². The van der Waals surface area contributed by atoms with Gasteiger partial charge in [0.2, 0.25) is 0 Å². The van der Waals surface area contributed by atoms with E-state index in [1.807, 2.05) is 17.0 Å². The van der Waals surface area contributed by atoms with Crippen molar-refractivity contribution in [3.63, 3.8) is 0 Å². The Morgan fingerprint density at radius 2 is 1.60 bits per heavy atom. The van der Waals surface area contributed by atoms with Gasteiger partial charge >= 0.3 is 6.03 Å². The van der Waals surface area contributed by atoms with Crippen LogP contribution in [0.3, 0.4) is 0 Å². The Morgan fingerprint density at radius 1 is 1.04 bits per heavy atom. The molecule has 6 rings (SSSR count). The molecule has 0 unspecified atom stereocenters. The maximum absolute atomic E-state index is 12.7. The van der Waals surface area contributed by atoms with E-state index in [0.717, 1.165) is 23.5 Å². The van der Waals surface area contributed by atoms with Gasteiger partial charge in [0.15, 0.2) is 0 Å². The standard InChI is InChI=1S/C21H28N2O2/c1-14-2-4-18(5-3-14)25-19-12-23(13-19)20(24)22-21-9-15-6-16(10-21)8-17(7-15)11-21/h2-5,15-17,19H,6-13H2,1H3,(H,22,24). The number of hydrogen-bond donors (Lipinski definition) is 1. The van der Waals surface area contributed by atoms with E-state index in [-0.39, 0.29) is 17.7 Å². The van der Waals surface area contributed by atoms with Crippen LogP contribution >= 0.6 is 0 Å². The molecule has 0 spiro atoms. The second kappa shape index (κ2) is 5.65. The lowest BCUT2D eigenvalue weighted by atomic mass is 9.53. The molecule has 4 heteroatoms. The molecule has 134 valence electrons. The van der Waals surface area contributed by atoms with Crippen LogP contribution in [0.5, 0.6) is 5.75 Å². The summed E-state index contributed by atoms with van der Waals surface area (Å²) >= 11 is 0. The number of ether oxygens (including phenoxy) is 1. The van der Waals surface area contributed by atoms with Gasteiger partial charge in [0.25, 0.3) is 0 Å². The maximum atomic E-state index is 12.7. The first-order valence-corrected chi connectivity index (χ1v) is 9.87. The normalized spacial score (nSPS) is 36.2. The van der Waals surface area contributed by atoms with E-state index in [4.69, 9.17) is 4.74 Å². The number of nitrogens with zero attached hydrogens (tertiary/aromatic N) is 1. The second-order valence-electron chi connectivity index (χ2n) is 9.09. The lowest BCUT2D eigenvalue weighted by Gasteiger charge is -2.57. The van der Waals surface area contributed by atoms with Crippen LogP contribution < -0.4 is 10.1 Å². The lowest BCUT2D eigenvalue weighted by Crippen LogP contribution is -2.66. The summed E-state index contributed by atoms with van der Waals surface area (Å²) in [6.45, 7) is 3.47. The van der Waals surface area contributed by atoms with Crippen LogP contribution in [0.1, 0.15) is 44.1 Å². The Hall–Kier alpha value is -1.71. The monoisotopic (exact) mass is 340 g/mol. The summed E-state index contributed by atoms with van der Waals surface area (Å²) in [5.74, 6) is 3.48. The van der Waals surface area contributed by atoms with Crippen molar-refractivity contribution in [3.8, 4) is 5.75 Å². The van der Waals surface area contributed by atoms with Gasteiger partial charge < -0.3 is 15.0 Å². The zero-order chi connectivity index (χ0) is 17.0. The van der Waals surface area contributed by atoms with E-state index >= 15 is 0 Å². The molecule has 1 heterocycles. The Morgan fingerprint density at radius 3 is 2.16 bits per heavy atom. The second-order valence-corrected chi connectivity index (χ2v) is 9.09. The molecule has 0 atom stereocenters. The molecule has 0 radical (unpaired) electrons. The number of rotatable bonds is 3. The molecule has 4 aliphatic carbocycles. The molecular weight excluding hydrogens is 312 g/mol. The smallest absolute Gasteiger partial charge is 0.318 e. The average molecular weight is 340 g/mol. The summed E-state index contributed by atoms with van der Waals surface area (Å²) in [5.41, 5.74) is 1.34. The molecule has 1 aliphatic heterocycles. The zero-order valence-electron chi connectivity index (χ0n) is 15.0. The SMILES string of the molecule is Cc1ccc(OC2CN(C(=O)NC34CC5CC(CC(C5)C3)C4)C2)cc1. The highest BCUT2D eigenvalue weighted by Crippen LogP contribution is 2.55. The first-order valence-electron chi connectivity index (χ1n) is 9.87. The van der Waals surface area contributed by atoms with Crippen LogP contribution in [0.4, 0.5) is 4.79 Å².